The van der Waals surface area contributed by atoms with Crippen LogP contribution in [0.3, 0.4) is 0 Å². The van der Waals surface area contributed by atoms with Crippen molar-refractivity contribution in [1.82, 2.24) is 0 Å². The highest BCUT2D eigenvalue weighted by molar-refractivity contribution is 8.09. The van der Waals surface area contributed by atoms with Crippen molar-refractivity contribution in [3.63, 3.8) is 0 Å². The number of hydrogen-bond acceptors (Lipinski definition) is 1. The summed E-state index contributed by atoms with van der Waals surface area (Å²) >= 11 is 12.3. The SMILES string of the molecule is CC(C)C12C[C@H]3C[C@@H](C1)CC(P(=O)(Cl)Cl)(C3)C2. The van der Waals surface area contributed by atoms with E-state index in [0.29, 0.717) is 11.3 Å². The summed E-state index contributed by atoms with van der Waals surface area (Å²) in [4.78, 5) is 0. The molecule has 4 saturated carbocycles. The number of rotatable bonds is 2. The summed E-state index contributed by atoms with van der Waals surface area (Å²) in [6, 6.07) is 0. The molecule has 0 aromatic heterocycles. The molecular formula is C13H21Cl2OP. The van der Waals surface area contributed by atoms with Gasteiger partial charge in [0, 0.05) is 0 Å². The average Bonchev–Trinajstić information content (AvgIpc) is 2.13. The molecule has 4 aliphatic carbocycles. The molecule has 1 nitrogen and oxygen atoms in total. The van der Waals surface area contributed by atoms with Crippen molar-refractivity contribution in [2.75, 3.05) is 0 Å². The Kier molecular flexibility index (Phi) is 2.77. The molecular weight excluding hydrogens is 274 g/mol. The summed E-state index contributed by atoms with van der Waals surface area (Å²) in [6.07, 6.45) is 7.00. The lowest BCUT2D eigenvalue weighted by molar-refractivity contribution is -0.0675. The zero-order chi connectivity index (χ0) is 12.5. The molecule has 98 valence electrons. The minimum atomic E-state index is -3.00. The molecule has 0 aliphatic heterocycles. The van der Waals surface area contributed by atoms with Crippen LogP contribution in [0.1, 0.15) is 52.4 Å². The normalized spacial score (nSPS) is 49.0. The standard InChI is InChI=1S/C13H21Cl2OP/c1-9(2)12-4-10-3-11(5-12)7-13(6-10,8-12)17(14,15)16/h9-11H,3-8H2,1-2H3/t10-,11+,12?,13?. The quantitative estimate of drug-likeness (QED) is 0.601. The molecule has 0 amide bonds. The molecule has 0 aromatic rings. The van der Waals surface area contributed by atoms with Gasteiger partial charge in [-0.3, -0.25) is 4.57 Å². The Balaban J connectivity index is 2.03. The molecule has 0 spiro atoms. The van der Waals surface area contributed by atoms with Crippen molar-refractivity contribution in [2.45, 2.75) is 57.5 Å². The molecule has 17 heavy (non-hydrogen) atoms. The zero-order valence-corrected chi connectivity index (χ0v) is 13.0. The summed E-state index contributed by atoms with van der Waals surface area (Å²) in [7, 11) is 0. The second-order valence-corrected chi connectivity index (χ2v) is 12.4. The zero-order valence-electron chi connectivity index (χ0n) is 10.6. The summed E-state index contributed by atoms with van der Waals surface area (Å²) in [6.45, 7) is 4.63. The molecule has 2 unspecified atom stereocenters. The van der Waals surface area contributed by atoms with Gasteiger partial charge >= 0.3 is 0 Å². The number of hydrogen-bond donors (Lipinski definition) is 0. The van der Waals surface area contributed by atoms with Gasteiger partial charge in [0.25, 0.3) is 5.85 Å². The van der Waals surface area contributed by atoms with Crippen LogP contribution in [0.2, 0.25) is 0 Å². The Bertz CT molecular complexity index is 373. The van der Waals surface area contributed by atoms with Crippen molar-refractivity contribution in [3.8, 4) is 0 Å². The maximum Gasteiger partial charge on any atom is 0.259 e. The molecule has 4 bridgehead atoms. The molecule has 0 N–H and O–H groups in total. The fourth-order valence-corrected chi connectivity index (χ4v) is 7.89. The van der Waals surface area contributed by atoms with Gasteiger partial charge in [-0.15, -0.1) is 0 Å². The number of halogens is 2. The second-order valence-electron chi connectivity index (χ2n) is 7.16. The topological polar surface area (TPSA) is 17.1 Å². The van der Waals surface area contributed by atoms with Crippen molar-refractivity contribution >= 4 is 28.3 Å². The third-order valence-electron chi connectivity index (χ3n) is 5.85. The lowest BCUT2D eigenvalue weighted by atomic mass is 9.46. The first-order chi connectivity index (χ1) is 7.76. The van der Waals surface area contributed by atoms with E-state index in [1.54, 1.807) is 0 Å². The molecule has 4 fully saturated rings. The van der Waals surface area contributed by atoms with Crippen LogP contribution < -0.4 is 0 Å². The highest BCUT2D eigenvalue weighted by Crippen LogP contribution is 2.80. The van der Waals surface area contributed by atoms with Crippen molar-refractivity contribution in [1.29, 1.82) is 0 Å². The first-order valence-corrected chi connectivity index (χ1v) is 10.3. The van der Waals surface area contributed by atoms with Gasteiger partial charge in [0.1, 0.15) is 0 Å². The molecule has 0 aromatic carbocycles. The summed E-state index contributed by atoms with van der Waals surface area (Å²) < 4.78 is 12.4. The van der Waals surface area contributed by atoms with Crippen LogP contribution in [0.15, 0.2) is 0 Å². The van der Waals surface area contributed by atoms with E-state index >= 15 is 0 Å². The van der Waals surface area contributed by atoms with Gasteiger partial charge in [-0.2, -0.15) is 0 Å². The summed E-state index contributed by atoms with van der Waals surface area (Å²) in [5, 5.41) is -0.232. The Labute approximate surface area is 114 Å². The summed E-state index contributed by atoms with van der Waals surface area (Å²) in [5.41, 5.74) is 0.378. The third-order valence-corrected chi connectivity index (χ3v) is 9.63. The van der Waals surface area contributed by atoms with Crippen molar-refractivity contribution < 1.29 is 4.57 Å². The maximum absolute atomic E-state index is 12.4. The molecule has 0 radical (unpaired) electrons. The van der Waals surface area contributed by atoms with Gasteiger partial charge in [-0.1, -0.05) is 13.8 Å². The van der Waals surface area contributed by atoms with Crippen molar-refractivity contribution in [3.05, 3.63) is 0 Å². The average molecular weight is 295 g/mol. The van der Waals surface area contributed by atoms with Crippen LogP contribution in [-0.4, -0.2) is 5.16 Å². The fraction of sp³-hybridized carbons (Fsp3) is 1.00. The third kappa shape index (κ3) is 1.76. The molecule has 4 aliphatic rings. The first-order valence-electron chi connectivity index (χ1n) is 6.76. The first kappa shape index (κ1) is 12.8. The minimum Gasteiger partial charge on any atom is -0.289 e. The van der Waals surface area contributed by atoms with E-state index in [9.17, 15) is 4.57 Å². The highest BCUT2D eigenvalue weighted by Gasteiger charge is 2.63. The Morgan fingerprint density at radius 2 is 1.65 bits per heavy atom. The Hall–Kier alpha value is 0.810. The lowest BCUT2D eigenvalue weighted by Gasteiger charge is -2.63. The van der Waals surface area contributed by atoms with E-state index in [0.717, 1.165) is 31.1 Å². The predicted molar refractivity (Wildman–Crippen MR) is 74.0 cm³/mol. The van der Waals surface area contributed by atoms with Crippen LogP contribution in [0.25, 0.3) is 0 Å². The van der Waals surface area contributed by atoms with E-state index in [4.69, 9.17) is 22.5 Å². The van der Waals surface area contributed by atoms with Crippen LogP contribution >= 0.6 is 28.3 Å². The molecule has 4 atom stereocenters. The van der Waals surface area contributed by atoms with Gasteiger partial charge in [0.2, 0.25) is 0 Å². The molecule has 4 heteroatoms. The van der Waals surface area contributed by atoms with Crippen molar-refractivity contribution in [2.24, 2.45) is 23.2 Å². The molecule has 0 heterocycles. The second kappa shape index (κ2) is 3.68. The van der Waals surface area contributed by atoms with Crippen LogP contribution in [0, 0.1) is 23.2 Å². The van der Waals surface area contributed by atoms with E-state index < -0.39 is 5.85 Å². The van der Waals surface area contributed by atoms with E-state index in [2.05, 4.69) is 13.8 Å². The Morgan fingerprint density at radius 1 is 1.12 bits per heavy atom. The van der Waals surface area contributed by atoms with Gasteiger partial charge in [0.05, 0.1) is 5.16 Å². The largest absolute Gasteiger partial charge is 0.289 e. The van der Waals surface area contributed by atoms with Crippen LogP contribution in [-0.2, 0) is 4.57 Å². The highest BCUT2D eigenvalue weighted by atomic mass is 35.9. The van der Waals surface area contributed by atoms with E-state index in [1.165, 1.54) is 19.3 Å². The monoisotopic (exact) mass is 294 g/mol. The van der Waals surface area contributed by atoms with Crippen LogP contribution in [0.5, 0.6) is 0 Å². The van der Waals surface area contributed by atoms with Gasteiger partial charge in [-0.05, 0) is 84.2 Å². The summed E-state index contributed by atoms with van der Waals surface area (Å²) in [5.74, 6) is -0.890. The fourth-order valence-electron chi connectivity index (χ4n) is 5.26. The van der Waals surface area contributed by atoms with Gasteiger partial charge in [-0.25, -0.2) is 0 Å². The van der Waals surface area contributed by atoms with E-state index in [1.807, 2.05) is 0 Å². The maximum atomic E-state index is 12.4. The van der Waals surface area contributed by atoms with E-state index in [-0.39, 0.29) is 5.16 Å². The van der Waals surface area contributed by atoms with Gasteiger partial charge < -0.3 is 0 Å². The van der Waals surface area contributed by atoms with Gasteiger partial charge in [0.15, 0.2) is 0 Å². The lowest BCUT2D eigenvalue weighted by Crippen LogP contribution is -2.56. The Morgan fingerprint density at radius 3 is 2.06 bits per heavy atom. The molecule has 4 rings (SSSR count). The predicted octanol–water partition coefficient (Wildman–Crippen LogP) is 5.65. The minimum absolute atomic E-state index is 0.232. The van der Waals surface area contributed by atoms with Crippen LogP contribution in [0.4, 0.5) is 0 Å². The smallest absolute Gasteiger partial charge is 0.259 e. The molecule has 0 saturated heterocycles.